The van der Waals surface area contributed by atoms with Crippen LogP contribution >= 0.6 is 0 Å². The zero-order chi connectivity index (χ0) is 14.8. The van der Waals surface area contributed by atoms with Gasteiger partial charge in [-0.25, -0.2) is 8.78 Å². The van der Waals surface area contributed by atoms with Crippen LogP contribution < -0.4 is 5.32 Å². The van der Waals surface area contributed by atoms with E-state index in [0.717, 1.165) is 24.2 Å². The van der Waals surface area contributed by atoms with Gasteiger partial charge < -0.3 is 10.2 Å². The van der Waals surface area contributed by atoms with Gasteiger partial charge in [0.05, 0.1) is 6.54 Å². The minimum atomic E-state index is -2.61. The van der Waals surface area contributed by atoms with E-state index in [4.69, 9.17) is 0 Å². The Morgan fingerprint density at radius 2 is 1.95 bits per heavy atom. The van der Waals surface area contributed by atoms with E-state index in [9.17, 15) is 18.4 Å². The van der Waals surface area contributed by atoms with Gasteiger partial charge in [-0.3, -0.25) is 9.59 Å². The van der Waals surface area contributed by atoms with Crippen molar-refractivity contribution < 1.29 is 18.4 Å². The Hall–Kier alpha value is -1.20. The van der Waals surface area contributed by atoms with Crippen LogP contribution in [-0.2, 0) is 9.59 Å². The van der Waals surface area contributed by atoms with Gasteiger partial charge in [-0.1, -0.05) is 32.6 Å². The van der Waals surface area contributed by atoms with Crippen molar-refractivity contribution in [2.75, 3.05) is 6.54 Å². The second-order valence-corrected chi connectivity index (χ2v) is 5.79. The average Bonchev–Trinajstić information content (AvgIpc) is 2.41. The summed E-state index contributed by atoms with van der Waals surface area (Å²) in [6, 6.07) is -0.742. The Morgan fingerprint density at radius 1 is 1.30 bits per heavy atom. The molecule has 0 bridgehead atoms. The minimum absolute atomic E-state index is 0.269. The maximum absolute atomic E-state index is 12.8. The maximum atomic E-state index is 12.8. The van der Waals surface area contributed by atoms with E-state index >= 15 is 0 Å². The lowest BCUT2D eigenvalue weighted by Gasteiger charge is -2.47. The number of hydrogen-bond donors (Lipinski definition) is 1. The molecule has 1 aliphatic carbocycles. The summed E-state index contributed by atoms with van der Waals surface area (Å²) in [4.78, 5) is 26.0. The van der Waals surface area contributed by atoms with Crippen molar-refractivity contribution in [3.05, 3.63) is 0 Å². The van der Waals surface area contributed by atoms with Crippen LogP contribution in [0.1, 0.15) is 51.9 Å². The molecular formula is C14H22F2N2O2. The molecule has 2 amide bonds. The molecule has 20 heavy (non-hydrogen) atoms. The van der Waals surface area contributed by atoms with E-state index in [-0.39, 0.29) is 11.8 Å². The van der Waals surface area contributed by atoms with E-state index in [0.29, 0.717) is 25.7 Å². The predicted molar refractivity (Wildman–Crippen MR) is 70.4 cm³/mol. The van der Waals surface area contributed by atoms with Crippen LogP contribution in [0, 0.1) is 0 Å². The molecule has 114 valence electrons. The van der Waals surface area contributed by atoms with Crippen molar-refractivity contribution in [1.29, 1.82) is 0 Å². The van der Waals surface area contributed by atoms with Gasteiger partial charge in [-0.05, 0) is 19.3 Å². The van der Waals surface area contributed by atoms with E-state index in [2.05, 4.69) is 5.32 Å². The van der Waals surface area contributed by atoms with Crippen molar-refractivity contribution in [2.24, 2.45) is 0 Å². The second-order valence-electron chi connectivity index (χ2n) is 5.79. The largest absolute Gasteiger partial charge is 0.340 e. The molecule has 0 aromatic rings. The molecule has 2 rings (SSSR count). The molecule has 0 aromatic heterocycles. The van der Waals surface area contributed by atoms with Crippen molar-refractivity contribution in [2.45, 2.75) is 69.9 Å². The van der Waals surface area contributed by atoms with E-state index < -0.39 is 24.6 Å². The monoisotopic (exact) mass is 288 g/mol. The molecule has 2 aliphatic rings. The summed E-state index contributed by atoms with van der Waals surface area (Å²) in [5, 5.41) is 2.84. The molecule has 1 spiro atoms. The third kappa shape index (κ3) is 2.79. The summed E-state index contributed by atoms with van der Waals surface area (Å²) < 4.78 is 25.5. The molecule has 2 fully saturated rings. The second kappa shape index (κ2) is 6.06. The lowest BCUT2D eigenvalue weighted by Crippen LogP contribution is -2.71. The first-order valence-corrected chi connectivity index (χ1v) is 7.41. The third-order valence-electron chi connectivity index (χ3n) is 4.32. The van der Waals surface area contributed by atoms with Gasteiger partial charge >= 0.3 is 0 Å². The molecule has 0 aromatic carbocycles. The molecule has 1 saturated heterocycles. The number of carbonyl (C=O) groups is 2. The van der Waals surface area contributed by atoms with E-state index in [1.165, 1.54) is 0 Å². The van der Waals surface area contributed by atoms with Crippen LogP contribution in [-0.4, -0.2) is 41.3 Å². The highest BCUT2D eigenvalue weighted by Crippen LogP contribution is 2.34. The smallest absolute Gasteiger partial charge is 0.255 e. The lowest BCUT2D eigenvalue weighted by atomic mass is 9.78. The van der Waals surface area contributed by atoms with Crippen LogP contribution in [0.5, 0.6) is 0 Å². The summed E-state index contributed by atoms with van der Waals surface area (Å²) in [5.41, 5.74) is -0.922. The Kier molecular flexibility index (Phi) is 4.60. The summed E-state index contributed by atoms with van der Waals surface area (Å²) in [7, 11) is 0. The molecule has 1 unspecified atom stereocenters. The topological polar surface area (TPSA) is 49.4 Å². The van der Waals surface area contributed by atoms with Gasteiger partial charge in [0.15, 0.2) is 0 Å². The summed E-state index contributed by atoms with van der Waals surface area (Å²) in [5.74, 6) is -0.579. The minimum Gasteiger partial charge on any atom is -0.340 e. The maximum Gasteiger partial charge on any atom is 0.255 e. The van der Waals surface area contributed by atoms with Crippen LogP contribution in [0.25, 0.3) is 0 Å². The predicted octanol–water partition coefficient (Wildman–Crippen LogP) is 2.08. The van der Waals surface area contributed by atoms with Gasteiger partial charge in [-0.2, -0.15) is 0 Å². The number of amides is 2. The number of nitrogens with one attached hydrogen (secondary N) is 1. The number of alkyl halides is 2. The fourth-order valence-corrected chi connectivity index (χ4v) is 3.34. The number of piperazine rings is 1. The molecule has 1 N–H and O–H groups in total. The number of nitrogens with zero attached hydrogens (tertiary/aromatic N) is 1. The Labute approximate surface area is 117 Å². The number of carbonyl (C=O) groups excluding carboxylic acids is 2. The fraction of sp³-hybridized carbons (Fsp3) is 0.857. The third-order valence-corrected chi connectivity index (χ3v) is 4.32. The first kappa shape index (κ1) is 15.2. The first-order valence-electron chi connectivity index (χ1n) is 7.41. The average molecular weight is 288 g/mol. The summed E-state index contributed by atoms with van der Waals surface area (Å²) >= 11 is 0. The Morgan fingerprint density at radius 3 is 2.50 bits per heavy atom. The summed E-state index contributed by atoms with van der Waals surface area (Å²) in [6.07, 6.45) is 2.37. The molecule has 4 nitrogen and oxygen atoms in total. The zero-order valence-electron chi connectivity index (χ0n) is 11.8. The number of rotatable bonds is 4. The van der Waals surface area contributed by atoms with Crippen LogP contribution in [0.15, 0.2) is 0 Å². The van der Waals surface area contributed by atoms with Gasteiger partial charge in [0, 0.05) is 0 Å². The number of halogens is 2. The molecule has 1 aliphatic heterocycles. The SMILES string of the molecule is CCCC1C(=O)NC2(CCCCC2)C(=O)N1CC(F)F. The van der Waals surface area contributed by atoms with E-state index in [1.807, 2.05) is 6.92 Å². The van der Waals surface area contributed by atoms with Gasteiger partial charge in [-0.15, -0.1) is 0 Å². The highest BCUT2D eigenvalue weighted by molar-refractivity contribution is 5.99. The quantitative estimate of drug-likeness (QED) is 0.861. The van der Waals surface area contributed by atoms with Crippen molar-refractivity contribution in [3.63, 3.8) is 0 Å². The molecular weight excluding hydrogens is 266 g/mol. The highest BCUT2D eigenvalue weighted by Gasteiger charge is 2.51. The molecule has 1 heterocycles. The van der Waals surface area contributed by atoms with Gasteiger partial charge in [0.2, 0.25) is 11.8 Å². The molecule has 1 atom stereocenters. The van der Waals surface area contributed by atoms with E-state index in [1.54, 1.807) is 0 Å². The standard InChI is InChI=1S/C14H22F2N2O2/c1-2-6-10-12(19)17-14(7-4-3-5-8-14)13(20)18(10)9-11(15)16/h10-11H,2-9H2,1H3,(H,17,19). The lowest BCUT2D eigenvalue weighted by molar-refractivity contribution is -0.159. The van der Waals surface area contributed by atoms with Crippen molar-refractivity contribution >= 4 is 11.8 Å². The Balaban J connectivity index is 2.25. The van der Waals surface area contributed by atoms with Gasteiger partial charge in [0.1, 0.15) is 11.6 Å². The van der Waals surface area contributed by atoms with Gasteiger partial charge in [0.25, 0.3) is 6.43 Å². The van der Waals surface area contributed by atoms with Crippen LogP contribution in [0.2, 0.25) is 0 Å². The first-order chi connectivity index (χ1) is 9.50. The molecule has 0 radical (unpaired) electrons. The molecule has 1 saturated carbocycles. The zero-order valence-corrected chi connectivity index (χ0v) is 11.8. The van der Waals surface area contributed by atoms with Crippen LogP contribution in [0.3, 0.4) is 0 Å². The normalized spacial score (nSPS) is 26.2. The van der Waals surface area contributed by atoms with Crippen molar-refractivity contribution in [1.82, 2.24) is 10.2 Å². The fourth-order valence-electron chi connectivity index (χ4n) is 3.34. The van der Waals surface area contributed by atoms with Crippen molar-refractivity contribution in [3.8, 4) is 0 Å². The molecule has 6 heteroatoms. The number of hydrogen-bond acceptors (Lipinski definition) is 2. The summed E-state index contributed by atoms with van der Waals surface area (Å²) in [6.45, 7) is 1.24. The highest BCUT2D eigenvalue weighted by atomic mass is 19.3. The van der Waals surface area contributed by atoms with Crippen LogP contribution in [0.4, 0.5) is 8.78 Å². The Bertz CT molecular complexity index is 381.